The Morgan fingerprint density at radius 2 is 1.75 bits per heavy atom. The van der Waals surface area contributed by atoms with Crippen LogP contribution in [0, 0.1) is 12.7 Å². The summed E-state index contributed by atoms with van der Waals surface area (Å²) < 4.78 is 24.5. The highest BCUT2D eigenvalue weighted by Crippen LogP contribution is 2.35. The van der Waals surface area contributed by atoms with E-state index in [9.17, 15) is 14.0 Å². The zero-order chi connectivity index (χ0) is 22.7. The van der Waals surface area contributed by atoms with Crippen LogP contribution in [0.25, 0.3) is 11.0 Å². The molecule has 0 radical (unpaired) electrons. The fourth-order valence-corrected chi connectivity index (χ4v) is 3.45. The maximum atomic E-state index is 13.4. The number of hydrogen-bond donors (Lipinski definition) is 2. The van der Waals surface area contributed by atoms with Crippen LogP contribution in [-0.4, -0.2) is 18.9 Å². The first kappa shape index (κ1) is 21.1. The lowest BCUT2D eigenvalue weighted by atomic mass is 10.1. The van der Waals surface area contributed by atoms with Gasteiger partial charge in [0.25, 0.3) is 5.91 Å². The third kappa shape index (κ3) is 4.46. The number of nitrogens with one attached hydrogen (secondary N) is 2. The molecule has 0 aliphatic carbocycles. The van der Waals surface area contributed by atoms with Gasteiger partial charge < -0.3 is 19.8 Å². The average Bonchev–Trinajstić information content (AvgIpc) is 3.13. The molecule has 2 N–H and O–H groups in total. The van der Waals surface area contributed by atoms with Gasteiger partial charge in [-0.1, -0.05) is 30.3 Å². The minimum absolute atomic E-state index is 0.0462. The van der Waals surface area contributed by atoms with E-state index in [1.807, 2.05) is 31.2 Å². The van der Waals surface area contributed by atoms with Crippen LogP contribution in [0.2, 0.25) is 0 Å². The van der Waals surface area contributed by atoms with Crippen molar-refractivity contribution in [1.82, 2.24) is 0 Å². The van der Waals surface area contributed by atoms with Crippen molar-refractivity contribution in [2.45, 2.75) is 13.3 Å². The average molecular weight is 432 g/mol. The smallest absolute Gasteiger partial charge is 0.295 e. The molecule has 1 heterocycles. The summed E-state index contributed by atoms with van der Waals surface area (Å²) >= 11 is 0. The maximum absolute atomic E-state index is 13.4. The topological polar surface area (TPSA) is 80.6 Å². The van der Waals surface area contributed by atoms with Crippen LogP contribution in [0.4, 0.5) is 15.8 Å². The van der Waals surface area contributed by atoms with Crippen molar-refractivity contribution in [1.29, 1.82) is 0 Å². The van der Waals surface area contributed by atoms with Gasteiger partial charge >= 0.3 is 0 Å². The zero-order valence-corrected chi connectivity index (χ0v) is 17.6. The fraction of sp³-hybridized carbons (Fsp3) is 0.120. The molecular weight excluding hydrogens is 411 g/mol. The Morgan fingerprint density at radius 3 is 2.50 bits per heavy atom. The van der Waals surface area contributed by atoms with Gasteiger partial charge in [0, 0.05) is 11.4 Å². The van der Waals surface area contributed by atoms with Crippen LogP contribution in [0.15, 0.2) is 71.1 Å². The molecule has 32 heavy (non-hydrogen) atoms. The number of furan rings is 1. The predicted molar refractivity (Wildman–Crippen MR) is 121 cm³/mol. The second kappa shape index (κ2) is 8.93. The summed E-state index contributed by atoms with van der Waals surface area (Å²) in [6.45, 7) is 1.96. The largest absolute Gasteiger partial charge is 0.492 e. The van der Waals surface area contributed by atoms with E-state index in [1.54, 1.807) is 24.3 Å². The Balaban J connectivity index is 1.56. The summed E-state index contributed by atoms with van der Waals surface area (Å²) in [6.07, 6.45) is 0.245. The number of carbonyl (C=O) groups is 2. The van der Waals surface area contributed by atoms with Gasteiger partial charge in [-0.15, -0.1) is 0 Å². The molecule has 0 saturated carbocycles. The highest BCUT2D eigenvalue weighted by atomic mass is 19.1. The molecule has 0 fully saturated rings. The number of carbonyl (C=O) groups excluding carboxylic acids is 2. The monoisotopic (exact) mass is 432 g/mol. The quantitative estimate of drug-likeness (QED) is 0.432. The molecule has 0 spiro atoms. The first-order chi connectivity index (χ1) is 15.4. The van der Waals surface area contributed by atoms with Crippen LogP contribution in [0.5, 0.6) is 5.75 Å². The van der Waals surface area contributed by atoms with Crippen LogP contribution in [-0.2, 0) is 11.2 Å². The first-order valence-electron chi connectivity index (χ1n) is 9.96. The number of halogens is 1. The second-order valence-corrected chi connectivity index (χ2v) is 7.29. The van der Waals surface area contributed by atoms with E-state index in [1.165, 1.54) is 25.3 Å². The molecule has 1 aromatic heterocycles. The van der Waals surface area contributed by atoms with Crippen LogP contribution in [0.1, 0.15) is 21.7 Å². The highest BCUT2D eigenvalue weighted by molar-refractivity contribution is 6.08. The van der Waals surface area contributed by atoms with Crippen LogP contribution < -0.4 is 15.4 Å². The number of ether oxygens (including phenoxy) is 1. The zero-order valence-electron chi connectivity index (χ0n) is 17.6. The minimum atomic E-state index is -0.575. The standard InChI is InChI=1S/C25H21FN2O4/c1-15-6-3-4-7-16(15)12-22(29)27-19-10-11-21-20(14-19)23(31-2)24(32-21)25(30)28-18-9-5-8-17(26)13-18/h3-11,13-14H,12H2,1-2H3,(H,27,29)(H,28,30). The minimum Gasteiger partial charge on any atom is -0.492 e. The summed E-state index contributed by atoms with van der Waals surface area (Å²) in [7, 11) is 1.42. The van der Waals surface area contributed by atoms with Crippen LogP contribution in [0.3, 0.4) is 0 Å². The van der Waals surface area contributed by atoms with Crippen LogP contribution >= 0.6 is 0 Å². The maximum Gasteiger partial charge on any atom is 0.295 e. The lowest BCUT2D eigenvalue weighted by Gasteiger charge is -2.08. The molecule has 2 amide bonds. The van der Waals surface area contributed by atoms with Gasteiger partial charge in [-0.25, -0.2) is 4.39 Å². The molecule has 0 unspecified atom stereocenters. The molecule has 0 atom stereocenters. The number of fused-ring (bicyclic) bond motifs is 1. The number of hydrogen-bond acceptors (Lipinski definition) is 4. The molecule has 0 aliphatic heterocycles. The van der Waals surface area contributed by atoms with E-state index >= 15 is 0 Å². The normalized spacial score (nSPS) is 10.7. The fourth-order valence-electron chi connectivity index (χ4n) is 3.45. The predicted octanol–water partition coefficient (Wildman–Crippen LogP) is 5.32. The van der Waals surface area contributed by atoms with Gasteiger partial charge in [0.1, 0.15) is 11.4 Å². The van der Waals surface area contributed by atoms with Gasteiger partial charge in [-0.2, -0.15) is 0 Å². The van der Waals surface area contributed by atoms with Crippen molar-refractivity contribution in [3.63, 3.8) is 0 Å². The van der Waals surface area contributed by atoms with E-state index in [4.69, 9.17) is 9.15 Å². The molecule has 4 aromatic rings. The third-order valence-electron chi connectivity index (χ3n) is 5.03. The van der Waals surface area contributed by atoms with Crippen molar-refractivity contribution in [2.75, 3.05) is 17.7 Å². The van der Waals surface area contributed by atoms with Crippen molar-refractivity contribution in [3.8, 4) is 5.75 Å². The van der Waals surface area contributed by atoms with Gasteiger partial charge in [0.05, 0.1) is 18.9 Å². The Labute approximate surface area is 184 Å². The SMILES string of the molecule is COc1c(C(=O)Nc2cccc(F)c2)oc2ccc(NC(=O)Cc3ccccc3C)cc12. The third-order valence-corrected chi connectivity index (χ3v) is 5.03. The molecule has 162 valence electrons. The number of methoxy groups -OCH3 is 1. The summed E-state index contributed by atoms with van der Waals surface area (Å²) in [5, 5.41) is 5.99. The Hall–Kier alpha value is -4.13. The first-order valence-corrected chi connectivity index (χ1v) is 9.96. The number of amides is 2. The second-order valence-electron chi connectivity index (χ2n) is 7.29. The van der Waals surface area contributed by atoms with Gasteiger partial charge in [0.2, 0.25) is 11.7 Å². The highest BCUT2D eigenvalue weighted by Gasteiger charge is 2.22. The summed E-state index contributed by atoms with van der Waals surface area (Å²) in [4.78, 5) is 25.2. The van der Waals surface area contributed by atoms with E-state index in [0.717, 1.165) is 11.1 Å². The van der Waals surface area contributed by atoms with E-state index < -0.39 is 11.7 Å². The number of benzene rings is 3. The van der Waals surface area contributed by atoms with Crippen molar-refractivity contribution < 1.29 is 23.1 Å². The Bertz CT molecular complexity index is 1310. The molecule has 6 nitrogen and oxygen atoms in total. The number of aryl methyl sites for hydroxylation is 1. The molecule has 4 rings (SSSR count). The molecule has 7 heteroatoms. The summed E-state index contributed by atoms with van der Waals surface area (Å²) in [5.41, 5.74) is 3.25. The van der Waals surface area contributed by atoms with Crippen molar-refractivity contribution >= 4 is 34.2 Å². The molecule has 0 saturated heterocycles. The Kier molecular flexibility index (Phi) is 5.89. The molecule has 3 aromatic carbocycles. The van der Waals surface area contributed by atoms with E-state index in [-0.39, 0.29) is 23.8 Å². The molecule has 0 bridgehead atoms. The Morgan fingerprint density at radius 1 is 0.969 bits per heavy atom. The summed E-state index contributed by atoms with van der Waals surface area (Å²) in [6, 6.07) is 18.3. The lowest BCUT2D eigenvalue weighted by molar-refractivity contribution is -0.115. The molecule has 0 aliphatic rings. The van der Waals surface area contributed by atoms with Crippen molar-refractivity contribution in [3.05, 3.63) is 89.4 Å². The molecular formula is C25H21FN2O4. The van der Waals surface area contributed by atoms with E-state index in [2.05, 4.69) is 10.6 Å². The van der Waals surface area contributed by atoms with Gasteiger partial charge in [-0.3, -0.25) is 9.59 Å². The van der Waals surface area contributed by atoms with E-state index in [0.29, 0.717) is 22.3 Å². The number of anilines is 2. The number of rotatable bonds is 6. The van der Waals surface area contributed by atoms with Gasteiger partial charge in [-0.05, 0) is 54.4 Å². The van der Waals surface area contributed by atoms with Gasteiger partial charge in [0.15, 0.2) is 5.75 Å². The lowest BCUT2D eigenvalue weighted by Crippen LogP contribution is -2.14. The summed E-state index contributed by atoms with van der Waals surface area (Å²) in [5.74, 6) is -1.02. The van der Waals surface area contributed by atoms with Crippen molar-refractivity contribution in [2.24, 2.45) is 0 Å².